The Morgan fingerprint density at radius 1 is 1.08 bits per heavy atom. The monoisotopic (exact) mass is 507 g/mol. The van der Waals surface area contributed by atoms with Gasteiger partial charge in [-0.05, 0) is 38.2 Å². The Balaban J connectivity index is 1.43. The van der Waals surface area contributed by atoms with Crippen LogP contribution in [0.1, 0.15) is 44.9 Å². The lowest BCUT2D eigenvalue weighted by molar-refractivity contribution is -0.255. The fourth-order valence-electron chi connectivity index (χ4n) is 3.92. The molecule has 0 radical (unpaired) electrons. The van der Waals surface area contributed by atoms with E-state index in [2.05, 4.69) is 15.3 Å². The molecule has 1 aliphatic rings. The zero-order chi connectivity index (χ0) is 26.0. The minimum atomic E-state index is -1.54. The van der Waals surface area contributed by atoms with Gasteiger partial charge in [-0.3, -0.25) is 19.7 Å². The highest BCUT2D eigenvalue weighted by molar-refractivity contribution is 7.80. The number of amides is 1. The molecule has 1 N–H and O–H groups in total. The highest BCUT2D eigenvalue weighted by Crippen LogP contribution is 2.16. The number of hydrogen-bond donors (Lipinski definition) is 1. The summed E-state index contributed by atoms with van der Waals surface area (Å²) in [5.74, 6) is -1.57. The number of nitrogens with one attached hydrogen (secondary N) is 1. The molecule has 0 atom stereocenters. The number of fused-ring (bicyclic) bond motifs is 1. The Morgan fingerprint density at radius 2 is 1.72 bits per heavy atom. The lowest BCUT2D eigenvalue weighted by atomic mass is 10.1. The Morgan fingerprint density at radius 3 is 2.31 bits per heavy atom. The molecule has 1 aromatic carbocycles. The van der Waals surface area contributed by atoms with Gasteiger partial charge in [0.2, 0.25) is 11.4 Å². The van der Waals surface area contributed by atoms with Crippen LogP contribution in [0.3, 0.4) is 0 Å². The molecule has 0 unspecified atom stereocenters. The van der Waals surface area contributed by atoms with Gasteiger partial charge in [0.1, 0.15) is 5.65 Å². The number of carbonyl (C=O) groups excluding carboxylic acids is 3. The number of rotatable bonds is 5. The van der Waals surface area contributed by atoms with Gasteiger partial charge in [0.05, 0.1) is 16.9 Å². The van der Waals surface area contributed by atoms with Crippen molar-refractivity contribution in [3.8, 4) is 0 Å². The second kappa shape index (κ2) is 10.2. The topological polar surface area (TPSA) is 141 Å². The van der Waals surface area contributed by atoms with Crippen LogP contribution >= 0.6 is 12.2 Å². The number of piperazine rings is 1. The summed E-state index contributed by atoms with van der Waals surface area (Å²) in [5, 5.41) is 14.4. The van der Waals surface area contributed by atoms with E-state index in [0.29, 0.717) is 60.6 Å². The minimum absolute atomic E-state index is 0.0777. The van der Waals surface area contributed by atoms with Crippen LogP contribution in [0.2, 0.25) is 0 Å². The van der Waals surface area contributed by atoms with E-state index < -0.39 is 17.0 Å². The lowest BCUT2D eigenvalue weighted by Gasteiger charge is -2.36. The van der Waals surface area contributed by atoms with Crippen molar-refractivity contribution >= 4 is 52.0 Å². The molecule has 0 saturated carbocycles. The number of thiocarbonyl (C=S) groups is 1. The van der Waals surface area contributed by atoms with Crippen LogP contribution in [-0.4, -0.2) is 68.4 Å². The maximum absolute atomic E-state index is 12.5. The van der Waals surface area contributed by atoms with Crippen LogP contribution in [-0.2, 0) is 6.54 Å². The summed E-state index contributed by atoms with van der Waals surface area (Å²) >= 11 is 5.42. The third kappa shape index (κ3) is 4.93. The second-order valence-corrected chi connectivity index (χ2v) is 8.61. The normalized spacial score (nSPS) is 13.5. The van der Waals surface area contributed by atoms with Gasteiger partial charge in [0.25, 0.3) is 5.91 Å². The Kier molecular flexibility index (Phi) is 7.06. The van der Waals surface area contributed by atoms with Crippen LogP contribution in [0.15, 0.2) is 41.5 Å². The smallest absolute Gasteiger partial charge is 0.257 e. The first-order chi connectivity index (χ1) is 17.2. The van der Waals surface area contributed by atoms with E-state index in [4.69, 9.17) is 12.2 Å². The van der Waals surface area contributed by atoms with Crippen molar-refractivity contribution in [2.45, 2.75) is 20.4 Å². The van der Waals surface area contributed by atoms with Gasteiger partial charge in [-0.2, -0.15) is 4.98 Å². The molecule has 11 nitrogen and oxygen atoms in total. The average molecular weight is 508 g/mol. The molecule has 3 aromatic rings. The van der Waals surface area contributed by atoms with Crippen LogP contribution in [0.25, 0.3) is 11.0 Å². The van der Waals surface area contributed by atoms with Crippen molar-refractivity contribution in [2.75, 3.05) is 31.1 Å². The summed E-state index contributed by atoms with van der Waals surface area (Å²) in [4.78, 5) is 60.3. The molecule has 3 heterocycles. The van der Waals surface area contributed by atoms with Crippen molar-refractivity contribution in [3.63, 3.8) is 0 Å². The van der Waals surface area contributed by atoms with Gasteiger partial charge in [-0.15, -0.1) is 0 Å². The summed E-state index contributed by atoms with van der Waals surface area (Å²) in [6, 6.07) is 6.35. The number of Topliss-reactive ketones (excluding diaryl/α,β-unsaturated/α-hetero) is 1. The first-order valence-electron chi connectivity index (χ1n) is 11.3. The molecule has 1 aliphatic heterocycles. The number of carboxylic acids is 1. The summed E-state index contributed by atoms with van der Waals surface area (Å²) in [6.45, 7) is 5.73. The van der Waals surface area contributed by atoms with Gasteiger partial charge in [-0.1, -0.05) is 12.1 Å². The predicted molar refractivity (Wildman–Crippen MR) is 134 cm³/mol. The molecule has 1 fully saturated rings. The average Bonchev–Trinajstić information content (AvgIpc) is 2.88. The molecule has 36 heavy (non-hydrogen) atoms. The molecule has 1 saturated heterocycles. The zero-order valence-electron chi connectivity index (χ0n) is 19.7. The SMILES string of the molecule is CCn1cc(C(=O)[O-])c(=O)c2cnc(N3CCN(C(=S)NC(=O)c4ccc(C(C)=O)cc4)CC3)nc21. The quantitative estimate of drug-likeness (QED) is 0.376. The summed E-state index contributed by atoms with van der Waals surface area (Å²) in [7, 11) is 0. The van der Waals surface area contributed by atoms with E-state index >= 15 is 0 Å². The molecular weight excluding hydrogens is 484 g/mol. The number of aryl methyl sites for hydroxylation is 1. The third-order valence-electron chi connectivity index (χ3n) is 5.99. The summed E-state index contributed by atoms with van der Waals surface area (Å²) < 4.78 is 1.58. The number of aromatic nitrogens is 3. The van der Waals surface area contributed by atoms with Crippen molar-refractivity contribution in [3.05, 3.63) is 63.6 Å². The van der Waals surface area contributed by atoms with Crippen molar-refractivity contribution in [1.29, 1.82) is 0 Å². The number of anilines is 1. The van der Waals surface area contributed by atoms with E-state index in [1.54, 1.807) is 28.8 Å². The van der Waals surface area contributed by atoms with Crippen molar-refractivity contribution < 1.29 is 19.5 Å². The van der Waals surface area contributed by atoms with Crippen molar-refractivity contribution in [2.24, 2.45) is 0 Å². The van der Waals surface area contributed by atoms with E-state index in [-0.39, 0.29) is 17.1 Å². The first kappa shape index (κ1) is 24.9. The zero-order valence-corrected chi connectivity index (χ0v) is 20.5. The highest BCUT2D eigenvalue weighted by atomic mass is 32.1. The molecule has 0 spiro atoms. The van der Waals surface area contributed by atoms with E-state index in [1.807, 2.05) is 16.7 Å². The molecule has 0 aliphatic carbocycles. The molecule has 12 heteroatoms. The molecule has 1 amide bonds. The van der Waals surface area contributed by atoms with E-state index in [9.17, 15) is 24.3 Å². The van der Waals surface area contributed by atoms with E-state index in [0.717, 1.165) is 0 Å². The fourth-order valence-corrected chi connectivity index (χ4v) is 4.19. The van der Waals surface area contributed by atoms with Crippen LogP contribution in [0, 0.1) is 0 Å². The highest BCUT2D eigenvalue weighted by Gasteiger charge is 2.23. The number of ketones is 1. The van der Waals surface area contributed by atoms with Gasteiger partial charge in [0, 0.05) is 56.2 Å². The summed E-state index contributed by atoms with van der Waals surface area (Å²) in [6.07, 6.45) is 2.58. The van der Waals surface area contributed by atoms with Gasteiger partial charge in [-0.25, -0.2) is 4.98 Å². The number of nitrogens with zero attached hydrogens (tertiary/aromatic N) is 5. The Hall–Kier alpha value is -4.19. The first-order valence-corrected chi connectivity index (χ1v) is 11.7. The Labute approximate surface area is 211 Å². The molecule has 2 aromatic heterocycles. The number of aromatic carboxylic acids is 1. The lowest BCUT2D eigenvalue weighted by Crippen LogP contribution is -2.53. The third-order valence-corrected chi connectivity index (χ3v) is 6.35. The summed E-state index contributed by atoms with van der Waals surface area (Å²) in [5.41, 5.74) is 0.159. The van der Waals surface area contributed by atoms with Crippen molar-refractivity contribution in [1.82, 2.24) is 24.8 Å². The second-order valence-electron chi connectivity index (χ2n) is 8.22. The number of hydrogen-bond acceptors (Lipinski definition) is 9. The number of carbonyl (C=O) groups is 3. The maximum atomic E-state index is 12.5. The van der Waals surface area contributed by atoms with Gasteiger partial charge in [0.15, 0.2) is 10.9 Å². The molecule has 186 valence electrons. The molecule has 4 rings (SSSR count). The minimum Gasteiger partial charge on any atom is -0.545 e. The maximum Gasteiger partial charge on any atom is 0.257 e. The predicted octanol–water partition coefficient (Wildman–Crippen LogP) is 0.214. The largest absolute Gasteiger partial charge is 0.545 e. The molecule has 0 bridgehead atoms. The number of pyridine rings is 1. The van der Waals surface area contributed by atoms with Crippen LogP contribution in [0.4, 0.5) is 5.95 Å². The fraction of sp³-hybridized carbons (Fsp3) is 0.292. The Bertz CT molecular complexity index is 1430. The van der Waals surface area contributed by atoms with Crippen LogP contribution in [0.5, 0.6) is 0 Å². The number of carboxylic acid groups (broad SMARTS) is 1. The van der Waals surface area contributed by atoms with Crippen LogP contribution < -0.4 is 20.8 Å². The number of benzene rings is 1. The van der Waals surface area contributed by atoms with Gasteiger partial charge >= 0.3 is 0 Å². The van der Waals surface area contributed by atoms with E-state index in [1.165, 1.54) is 19.3 Å². The standard InChI is InChI=1S/C24H24N6O5S/c1-3-28-13-18(22(34)35)19(32)17-12-25-23(26-20(17)28)29-8-10-30(11-9-29)24(36)27-21(33)16-6-4-15(5-7-16)14(2)31/h4-7,12-13H,3,8-11H2,1-2H3,(H,34,35)(H,27,33,36)/p-1. The van der Waals surface area contributed by atoms with Gasteiger partial charge < -0.3 is 24.3 Å². The molecular formula is C24H23N6O5S-.